The first-order chi connectivity index (χ1) is 15.2. The van der Waals surface area contributed by atoms with Crippen molar-refractivity contribution < 1.29 is 29.2 Å². The number of hydrogen-bond donors (Lipinski definition) is 4. The summed E-state index contributed by atoms with van der Waals surface area (Å²) in [6.45, 7) is 8.47. The summed E-state index contributed by atoms with van der Waals surface area (Å²) in [5.74, 6) is -1.04. The smallest absolute Gasteiger partial charge is 0.434 e. The molecule has 1 aliphatic heterocycles. The Kier molecular flexibility index (Phi) is 10.0. The number of amidine groups is 1. The number of hydrogen-bond acceptors (Lipinski definition) is 8. The average molecular weight is 466 g/mol. The van der Waals surface area contributed by atoms with Gasteiger partial charge in [-0.05, 0) is 44.2 Å². The van der Waals surface area contributed by atoms with E-state index in [2.05, 4.69) is 21.0 Å². The molecule has 11 nitrogen and oxygen atoms in total. The van der Waals surface area contributed by atoms with E-state index in [0.717, 1.165) is 5.69 Å². The highest BCUT2D eigenvalue weighted by Gasteiger charge is 2.43. The summed E-state index contributed by atoms with van der Waals surface area (Å²) in [6, 6.07) is 5.80. The van der Waals surface area contributed by atoms with Crippen LogP contribution in [-0.2, 0) is 14.2 Å². The van der Waals surface area contributed by atoms with Crippen LogP contribution in [0.1, 0.15) is 65.0 Å². The van der Waals surface area contributed by atoms with E-state index in [4.69, 9.17) is 30.2 Å². The van der Waals surface area contributed by atoms with E-state index < -0.39 is 17.5 Å². The van der Waals surface area contributed by atoms with Crippen LogP contribution in [0.25, 0.3) is 0 Å². The Bertz CT molecular complexity index is 869. The number of nitriles is 1. The first-order valence-corrected chi connectivity index (χ1v) is 10.5. The number of nitrogens with two attached hydrogens (primary N) is 1. The van der Waals surface area contributed by atoms with Crippen LogP contribution in [0.5, 0.6) is 0 Å². The van der Waals surface area contributed by atoms with Crippen LogP contribution < -0.4 is 5.73 Å². The zero-order chi connectivity index (χ0) is 25.3. The second-order valence-corrected chi connectivity index (χ2v) is 9.29. The molecule has 0 aliphatic carbocycles. The number of rotatable bonds is 5. The van der Waals surface area contributed by atoms with Gasteiger partial charge in [0.2, 0.25) is 0 Å². The Morgan fingerprint density at radius 3 is 2.52 bits per heavy atom. The largest absolute Gasteiger partial charge is 0.508 e. The summed E-state index contributed by atoms with van der Waals surface area (Å²) in [5, 5.41) is 25.7. The van der Waals surface area contributed by atoms with Crippen molar-refractivity contribution in [2.45, 2.75) is 65.0 Å². The van der Waals surface area contributed by atoms with Gasteiger partial charge in [0, 0.05) is 12.7 Å². The van der Waals surface area contributed by atoms with Crippen molar-refractivity contribution in [2.24, 2.45) is 21.1 Å². The lowest BCUT2D eigenvalue weighted by atomic mass is 9.99. The molecular weight excluding hydrogens is 430 g/mol. The molecule has 2 rings (SSSR count). The van der Waals surface area contributed by atoms with Crippen LogP contribution in [0.15, 0.2) is 22.1 Å². The molecule has 1 aliphatic rings. The van der Waals surface area contributed by atoms with Gasteiger partial charge in [0.1, 0.15) is 12.7 Å². The molecule has 0 radical (unpaired) electrons. The van der Waals surface area contributed by atoms with E-state index in [0.29, 0.717) is 24.4 Å². The van der Waals surface area contributed by atoms with Crippen LogP contribution in [-0.4, -0.2) is 65.2 Å². The fourth-order valence-corrected chi connectivity index (χ4v) is 2.74. The Labute approximate surface area is 194 Å². The van der Waals surface area contributed by atoms with Gasteiger partial charge in [-0.15, -0.1) is 0 Å². The van der Waals surface area contributed by atoms with Crippen LogP contribution in [0.2, 0.25) is 0 Å². The number of aliphatic hydroxyl groups is 2. The molecule has 1 aromatic rings. The number of aliphatic imine (C=N–C) groups is 2. The van der Waals surface area contributed by atoms with Gasteiger partial charge >= 0.3 is 6.16 Å². The van der Waals surface area contributed by atoms with Crippen LogP contribution in [0.3, 0.4) is 0 Å². The third kappa shape index (κ3) is 10.5. The standard InChI is InChI=1S/C19H27N5O4.C3H8O2/c1-18(2,3)10-26-17(25)27-11-19(9-20)8-7-15(28-19)13-5-6-14(24-13)16(22-4)23-12-21;1-3(2,4)5/h5-6,12,15,24H,7-8,10-11H2,1-4H3,(H2,21,22,23);4-5H,1-2H3. The van der Waals surface area contributed by atoms with Crippen molar-refractivity contribution in [1.82, 2.24) is 4.98 Å². The first-order valence-electron chi connectivity index (χ1n) is 10.5. The highest BCUT2D eigenvalue weighted by molar-refractivity contribution is 6.01. The van der Waals surface area contributed by atoms with Crippen molar-refractivity contribution in [1.29, 1.82) is 5.26 Å². The molecule has 0 saturated carbocycles. The predicted molar refractivity (Wildman–Crippen MR) is 123 cm³/mol. The first kappa shape index (κ1) is 28.1. The van der Waals surface area contributed by atoms with Gasteiger partial charge in [-0.3, -0.25) is 4.99 Å². The minimum Gasteiger partial charge on any atom is -0.434 e. The number of aromatic nitrogens is 1. The van der Waals surface area contributed by atoms with Crippen molar-refractivity contribution in [3.05, 3.63) is 23.5 Å². The summed E-state index contributed by atoms with van der Waals surface area (Å²) < 4.78 is 16.1. The van der Waals surface area contributed by atoms with Gasteiger partial charge in [0.05, 0.1) is 24.7 Å². The molecule has 33 heavy (non-hydrogen) atoms. The normalized spacial score (nSPS) is 21.3. The van der Waals surface area contributed by atoms with E-state index in [1.54, 1.807) is 7.05 Å². The van der Waals surface area contributed by atoms with Crippen molar-refractivity contribution in [3.8, 4) is 6.07 Å². The van der Waals surface area contributed by atoms with Crippen molar-refractivity contribution in [3.63, 3.8) is 0 Å². The minimum absolute atomic E-state index is 0.166. The van der Waals surface area contributed by atoms with Gasteiger partial charge in [0.25, 0.3) is 0 Å². The quantitative estimate of drug-likeness (QED) is 0.222. The lowest BCUT2D eigenvalue weighted by Crippen LogP contribution is -2.34. The number of H-pyrrole nitrogens is 1. The maximum atomic E-state index is 11.8. The maximum Gasteiger partial charge on any atom is 0.508 e. The minimum atomic E-state index is -1.50. The fraction of sp³-hybridized carbons (Fsp3) is 0.636. The van der Waals surface area contributed by atoms with Gasteiger partial charge < -0.3 is 35.1 Å². The molecule has 2 atom stereocenters. The molecule has 1 fully saturated rings. The van der Waals surface area contributed by atoms with Gasteiger partial charge in [-0.25, -0.2) is 9.79 Å². The van der Waals surface area contributed by atoms with Crippen LogP contribution >= 0.6 is 0 Å². The predicted octanol–water partition coefficient (Wildman–Crippen LogP) is 2.40. The van der Waals surface area contributed by atoms with Crippen molar-refractivity contribution >= 4 is 18.3 Å². The molecule has 0 amide bonds. The molecule has 0 bridgehead atoms. The lowest BCUT2D eigenvalue weighted by molar-refractivity contribution is -0.127. The van der Waals surface area contributed by atoms with Crippen molar-refractivity contribution in [2.75, 3.05) is 20.3 Å². The summed E-state index contributed by atoms with van der Waals surface area (Å²) >= 11 is 0. The van der Waals surface area contributed by atoms with Gasteiger partial charge in [-0.1, -0.05) is 20.8 Å². The monoisotopic (exact) mass is 465 g/mol. The number of ether oxygens (including phenoxy) is 3. The van der Waals surface area contributed by atoms with E-state index in [-0.39, 0.29) is 24.7 Å². The SMILES string of the molecule is CC(C)(O)O.CN=C(N=CN)c1ccc(C2CCC(C#N)(COC(=O)OCC(C)(C)C)O2)[nH]1. The van der Waals surface area contributed by atoms with E-state index in [1.807, 2.05) is 32.9 Å². The Morgan fingerprint density at radius 2 is 2.00 bits per heavy atom. The Hall–Kier alpha value is -2.94. The molecule has 5 N–H and O–H groups in total. The summed E-state index contributed by atoms with van der Waals surface area (Å²) in [5.41, 5.74) is 5.44. The Morgan fingerprint density at radius 1 is 1.36 bits per heavy atom. The zero-order valence-corrected chi connectivity index (χ0v) is 20.1. The molecule has 1 saturated heterocycles. The van der Waals surface area contributed by atoms with E-state index in [1.165, 1.54) is 20.2 Å². The van der Waals surface area contributed by atoms with Gasteiger partial charge in [0.15, 0.2) is 17.2 Å². The second-order valence-electron chi connectivity index (χ2n) is 9.29. The molecular formula is C22H35N5O6. The summed E-state index contributed by atoms with van der Waals surface area (Å²) in [7, 11) is 1.62. The molecule has 1 aromatic heterocycles. The molecule has 0 spiro atoms. The van der Waals surface area contributed by atoms with E-state index in [9.17, 15) is 10.1 Å². The average Bonchev–Trinajstić information content (AvgIpc) is 3.35. The number of aromatic amines is 1. The highest BCUT2D eigenvalue weighted by Crippen LogP contribution is 2.39. The maximum absolute atomic E-state index is 11.8. The fourth-order valence-electron chi connectivity index (χ4n) is 2.74. The molecule has 2 heterocycles. The highest BCUT2D eigenvalue weighted by atomic mass is 16.7. The lowest BCUT2D eigenvalue weighted by Gasteiger charge is -2.22. The number of carbonyl (C=O) groups is 1. The molecule has 0 aromatic carbocycles. The zero-order valence-electron chi connectivity index (χ0n) is 20.1. The third-order valence-corrected chi connectivity index (χ3v) is 4.13. The van der Waals surface area contributed by atoms with Crippen LogP contribution in [0.4, 0.5) is 4.79 Å². The summed E-state index contributed by atoms with van der Waals surface area (Å²) in [6.07, 6.45) is 1.08. The third-order valence-electron chi connectivity index (χ3n) is 4.13. The number of carbonyl (C=O) groups excluding carboxylic acids is 1. The van der Waals surface area contributed by atoms with E-state index >= 15 is 0 Å². The second kappa shape index (κ2) is 11.8. The Balaban J connectivity index is 0.000000981. The van der Waals surface area contributed by atoms with Gasteiger partial charge in [-0.2, -0.15) is 5.26 Å². The molecule has 11 heteroatoms. The molecule has 184 valence electrons. The number of nitrogens with one attached hydrogen (secondary N) is 1. The number of nitrogens with zero attached hydrogens (tertiary/aromatic N) is 3. The molecule has 2 unspecified atom stereocenters. The topological polar surface area (TPSA) is 176 Å². The van der Waals surface area contributed by atoms with Crippen LogP contribution in [0, 0.1) is 16.7 Å². The summed E-state index contributed by atoms with van der Waals surface area (Å²) in [4.78, 5) is 23.0.